The zero-order valence-corrected chi connectivity index (χ0v) is 16.8. The Labute approximate surface area is 166 Å². The van der Waals surface area contributed by atoms with E-state index in [-0.39, 0.29) is 27.3 Å². The van der Waals surface area contributed by atoms with Crippen molar-refractivity contribution in [3.05, 3.63) is 33.3 Å². The van der Waals surface area contributed by atoms with E-state index in [9.17, 15) is 19.2 Å². The van der Waals surface area contributed by atoms with E-state index in [1.54, 1.807) is 26.0 Å². The second kappa shape index (κ2) is 10.4. The summed E-state index contributed by atoms with van der Waals surface area (Å²) in [6.07, 6.45) is 0.422. The Morgan fingerprint density at radius 3 is 1.81 bits per heavy atom. The molecule has 0 aliphatic heterocycles. The van der Waals surface area contributed by atoms with Crippen LogP contribution in [0.25, 0.3) is 0 Å². The summed E-state index contributed by atoms with van der Waals surface area (Å²) in [6.45, 7) is 5.25. The van der Waals surface area contributed by atoms with Crippen molar-refractivity contribution in [3.63, 3.8) is 0 Å². The first-order chi connectivity index (χ1) is 11.9. The van der Waals surface area contributed by atoms with Crippen LogP contribution < -0.4 is 16.8 Å². The molecular formula is C16H20Cl3N3O4. The van der Waals surface area contributed by atoms with Crippen LogP contribution in [0.15, 0.2) is 12.1 Å². The van der Waals surface area contributed by atoms with Crippen LogP contribution >= 0.6 is 34.8 Å². The number of aryl methyl sites for hydroxylation is 1. The van der Waals surface area contributed by atoms with Crippen LogP contribution in [0.5, 0.6) is 0 Å². The summed E-state index contributed by atoms with van der Waals surface area (Å²) in [5.41, 5.74) is 8.63. The number of nitrogens with two attached hydrogens (primary N) is 2. The molecule has 1 unspecified atom stereocenters. The Bertz CT molecular complexity index is 690. The summed E-state index contributed by atoms with van der Waals surface area (Å²) in [6, 6.07) is 3.30. The number of primary amides is 2. The third-order valence-corrected chi connectivity index (χ3v) is 4.33. The molecule has 26 heavy (non-hydrogen) atoms. The van der Waals surface area contributed by atoms with Crippen LogP contribution in [-0.2, 0) is 14.4 Å². The standard InChI is InChI=1S/C14H16Cl3NO2.C2H4N2O2/c1-4-14(3,11(19)7-15)18-13(20)12-9(16)5-8(2)6-10(12)17;3-1(5)2(4)6/h5-6H,4,7H2,1-3H3,(H,18,20);(H2,3,5)(H2,4,6). The Morgan fingerprint density at radius 2 is 1.50 bits per heavy atom. The lowest BCUT2D eigenvalue weighted by atomic mass is 9.93. The molecule has 0 fully saturated rings. The van der Waals surface area contributed by atoms with E-state index in [1.807, 2.05) is 6.92 Å². The van der Waals surface area contributed by atoms with Crippen LogP contribution in [0.4, 0.5) is 0 Å². The molecule has 7 nitrogen and oxygen atoms in total. The monoisotopic (exact) mass is 423 g/mol. The summed E-state index contributed by atoms with van der Waals surface area (Å²) < 4.78 is 0. The molecule has 5 N–H and O–H groups in total. The van der Waals surface area contributed by atoms with Gasteiger partial charge >= 0.3 is 11.8 Å². The number of amides is 3. The molecule has 0 bridgehead atoms. The topological polar surface area (TPSA) is 132 Å². The van der Waals surface area contributed by atoms with Gasteiger partial charge in [0.2, 0.25) is 0 Å². The van der Waals surface area contributed by atoms with Gasteiger partial charge in [0.05, 0.1) is 27.0 Å². The van der Waals surface area contributed by atoms with Crippen LogP contribution in [0.2, 0.25) is 10.0 Å². The van der Waals surface area contributed by atoms with Crippen molar-refractivity contribution in [2.75, 3.05) is 5.88 Å². The van der Waals surface area contributed by atoms with Gasteiger partial charge in [0.25, 0.3) is 5.91 Å². The average Bonchev–Trinajstić information content (AvgIpc) is 2.53. The zero-order chi connectivity index (χ0) is 20.7. The molecule has 10 heteroatoms. The fourth-order valence-corrected chi connectivity index (χ4v) is 2.80. The summed E-state index contributed by atoms with van der Waals surface area (Å²) in [5, 5.41) is 3.18. The van der Waals surface area contributed by atoms with Crippen LogP contribution in [0.3, 0.4) is 0 Å². The number of hydrogen-bond acceptors (Lipinski definition) is 4. The lowest BCUT2D eigenvalue weighted by Crippen LogP contribution is -2.52. The lowest BCUT2D eigenvalue weighted by molar-refractivity contribution is -0.135. The molecule has 0 saturated carbocycles. The maximum Gasteiger partial charge on any atom is 0.306 e. The average molecular weight is 425 g/mol. The van der Waals surface area contributed by atoms with Crippen molar-refractivity contribution in [1.82, 2.24) is 5.32 Å². The fraction of sp³-hybridized carbons (Fsp3) is 0.375. The predicted molar refractivity (Wildman–Crippen MR) is 101 cm³/mol. The van der Waals surface area contributed by atoms with Crippen molar-refractivity contribution < 1.29 is 19.2 Å². The third-order valence-electron chi connectivity index (χ3n) is 3.49. The van der Waals surface area contributed by atoms with Crippen molar-refractivity contribution in [1.29, 1.82) is 0 Å². The Morgan fingerprint density at radius 1 is 1.08 bits per heavy atom. The Kier molecular flexibility index (Phi) is 9.62. The largest absolute Gasteiger partial charge is 0.361 e. The number of alkyl halides is 1. The van der Waals surface area contributed by atoms with E-state index in [0.717, 1.165) is 5.56 Å². The van der Waals surface area contributed by atoms with E-state index in [4.69, 9.17) is 34.8 Å². The van der Waals surface area contributed by atoms with Gasteiger partial charge in [-0.15, -0.1) is 11.6 Å². The molecule has 0 heterocycles. The number of rotatable bonds is 5. The number of carbonyl (C=O) groups excluding carboxylic acids is 4. The number of Topliss-reactive ketones (excluding diaryl/α,β-unsaturated/α-hetero) is 1. The predicted octanol–water partition coefficient (Wildman–Crippen LogP) is 1.97. The summed E-state index contributed by atoms with van der Waals surface area (Å²) in [5.74, 6) is -3.11. The van der Waals surface area contributed by atoms with Gasteiger partial charge in [0, 0.05) is 0 Å². The summed E-state index contributed by atoms with van der Waals surface area (Å²) in [7, 11) is 0. The van der Waals surface area contributed by atoms with Crippen molar-refractivity contribution in [2.45, 2.75) is 32.7 Å². The number of nitrogens with one attached hydrogen (secondary N) is 1. The second-order valence-corrected chi connectivity index (χ2v) is 6.61. The molecule has 0 saturated heterocycles. The van der Waals surface area contributed by atoms with Gasteiger partial charge < -0.3 is 16.8 Å². The lowest BCUT2D eigenvalue weighted by Gasteiger charge is -2.27. The smallest absolute Gasteiger partial charge is 0.306 e. The van der Waals surface area contributed by atoms with E-state index in [1.165, 1.54) is 0 Å². The maximum atomic E-state index is 12.3. The minimum absolute atomic E-state index is 0.167. The number of benzene rings is 1. The Hall–Kier alpha value is -1.83. The maximum absolute atomic E-state index is 12.3. The van der Waals surface area contributed by atoms with Crippen molar-refractivity contribution in [2.24, 2.45) is 11.5 Å². The van der Waals surface area contributed by atoms with Crippen molar-refractivity contribution in [3.8, 4) is 0 Å². The number of ketones is 1. The summed E-state index contributed by atoms with van der Waals surface area (Å²) >= 11 is 17.7. The van der Waals surface area contributed by atoms with Gasteiger partial charge in [0.1, 0.15) is 0 Å². The fourth-order valence-electron chi connectivity index (χ4n) is 1.73. The highest BCUT2D eigenvalue weighted by molar-refractivity contribution is 6.40. The van der Waals surface area contributed by atoms with E-state index in [0.29, 0.717) is 6.42 Å². The van der Waals surface area contributed by atoms with E-state index < -0.39 is 23.3 Å². The highest BCUT2D eigenvalue weighted by Gasteiger charge is 2.33. The van der Waals surface area contributed by atoms with Crippen LogP contribution in [0, 0.1) is 6.92 Å². The molecular weight excluding hydrogens is 405 g/mol. The highest BCUT2D eigenvalue weighted by atomic mass is 35.5. The van der Waals surface area contributed by atoms with Gasteiger partial charge in [0.15, 0.2) is 5.78 Å². The number of carbonyl (C=O) groups is 4. The van der Waals surface area contributed by atoms with Crippen LogP contribution in [-0.4, -0.2) is 34.9 Å². The molecule has 0 spiro atoms. The van der Waals surface area contributed by atoms with Gasteiger partial charge in [-0.3, -0.25) is 19.2 Å². The number of halogens is 3. The normalized spacial score (nSPS) is 12.2. The molecule has 1 rings (SSSR count). The molecule has 0 aliphatic carbocycles. The van der Waals surface area contributed by atoms with Gasteiger partial charge in [-0.05, 0) is 38.0 Å². The molecule has 1 aromatic carbocycles. The molecule has 1 aromatic rings. The first-order valence-electron chi connectivity index (χ1n) is 7.36. The van der Waals surface area contributed by atoms with Gasteiger partial charge in [-0.1, -0.05) is 30.1 Å². The second-order valence-electron chi connectivity index (χ2n) is 5.53. The van der Waals surface area contributed by atoms with Crippen molar-refractivity contribution >= 4 is 58.3 Å². The SMILES string of the molecule is CCC(C)(NC(=O)c1c(Cl)cc(C)cc1Cl)C(=O)CCl.NC(=O)C(N)=O. The molecule has 0 aliphatic rings. The van der Waals surface area contributed by atoms with E-state index in [2.05, 4.69) is 16.8 Å². The van der Waals surface area contributed by atoms with Gasteiger partial charge in [-0.25, -0.2) is 0 Å². The quantitative estimate of drug-likeness (QED) is 0.492. The molecule has 0 aromatic heterocycles. The molecule has 0 radical (unpaired) electrons. The minimum atomic E-state index is -1.10. The number of hydrogen-bond donors (Lipinski definition) is 3. The molecule has 3 amide bonds. The van der Waals surface area contributed by atoms with Crippen LogP contribution in [0.1, 0.15) is 36.2 Å². The van der Waals surface area contributed by atoms with Gasteiger partial charge in [-0.2, -0.15) is 0 Å². The summed E-state index contributed by atoms with van der Waals surface area (Å²) in [4.78, 5) is 43.1. The van der Waals surface area contributed by atoms with E-state index >= 15 is 0 Å². The highest BCUT2D eigenvalue weighted by Crippen LogP contribution is 2.27. The molecule has 144 valence electrons. The Balaban J connectivity index is 0.000000896. The zero-order valence-electron chi connectivity index (χ0n) is 14.5. The first kappa shape index (κ1) is 24.2. The third kappa shape index (κ3) is 6.82. The minimum Gasteiger partial charge on any atom is -0.361 e. The molecule has 1 atom stereocenters. The first-order valence-corrected chi connectivity index (χ1v) is 8.65.